The third-order valence-corrected chi connectivity index (χ3v) is 9.18. The Kier molecular flexibility index (Phi) is 9.41. The zero-order valence-electron chi connectivity index (χ0n) is 21.9. The fraction of sp³-hybridized carbons (Fsp3) is 0.357. The van der Waals surface area contributed by atoms with E-state index in [-0.39, 0.29) is 54.5 Å². The Balaban J connectivity index is 0.00000210. The van der Waals surface area contributed by atoms with Crippen molar-refractivity contribution in [2.75, 3.05) is 23.1 Å². The molecule has 2 aliphatic heterocycles. The summed E-state index contributed by atoms with van der Waals surface area (Å²) in [6.45, 7) is 4.62. The van der Waals surface area contributed by atoms with Crippen molar-refractivity contribution in [2.24, 2.45) is 5.73 Å². The maximum atomic E-state index is 13.3. The minimum Gasteiger partial charge on any atom is -0.490 e. The number of nitrogens with two attached hydrogens (primary N) is 1. The Morgan fingerprint density at radius 2 is 1.72 bits per heavy atom. The minimum atomic E-state index is -3.54. The van der Waals surface area contributed by atoms with Crippen LogP contribution in [-0.2, 0) is 21.2 Å². The molecule has 1 amide bonds. The van der Waals surface area contributed by atoms with Gasteiger partial charge in [-0.15, -0.1) is 24.8 Å². The number of ether oxygens (including phenoxy) is 1. The molecule has 0 aromatic heterocycles. The molecule has 1 fully saturated rings. The monoisotopic (exact) mass is 592 g/mol. The summed E-state index contributed by atoms with van der Waals surface area (Å²) >= 11 is 0. The number of carbonyl (C=O) groups is 1. The van der Waals surface area contributed by atoms with E-state index >= 15 is 0 Å². The second-order valence-corrected chi connectivity index (χ2v) is 11.9. The molecule has 3 N–H and O–H groups in total. The van der Waals surface area contributed by atoms with Gasteiger partial charge in [0.25, 0.3) is 0 Å². The largest absolute Gasteiger partial charge is 0.490 e. The number of amidine groups is 1. The number of nitrogen functional groups attached to an aromatic ring is 1. The number of hydrogen-bond donors (Lipinski definition) is 2. The molecule has 1 saturated heterocycles. The van der Waals surface area contributed by atoms with E-state index in [2.05, 4.69) is 0 Å². The number of fused-ring (bicyclic) bond motifs is 2. The summed E-state index contributed by atoms with van der Waals surface area (Å²) in [6, 6.07) is 16.8. The Labute approximate surface area is 241 Å². The van der Waals surface area contributed by atoms with Crippen molar-refractivity contribution < 1.29 is 17.9 Å². The highest BCUT2D eigenvalue weighted by Crippen LogP contribution is 2.44. The number of nitrogens with zero attached hydrogens (tertiary/aromatic N) is 2. The van der Waals surface area contributed by atoms with Gasteiger partial charge in [-0.3, -0.25) is 14.5 Å². The fourth-order valence-electron chi connectivity index (χ4n) is 5.33. The molecule has 11 heteroatoms. The molecule has 5 rings (SSSR count). The molecule has 210 valence electrons. The Hall–Kier alpha value is -3.01. The molecule has 3 aromatic carbocycles. The van der Waals surface area contributed by atoms with Gasteiger partial charge in [0.2, 0.25) is 15.9 Å². The third kappa shape index (κ3) is 6.10. The smallest absolute Gasteiger partial charge is 0.235 e. The van der Waals surface area contributed by atoms with Gasteiger partial charge < -0.3 is 15.4 Å². The van der Waals surface area contributed by atoms with Gasteiger partial charge >= 0.3 is 0 Å². The number of amides is 1. The van der Waals surface area contributed by atoms with Crippen LogP contribution in [0.4, 0.5) is 5.69 Å². The van der Waals surface area contributed by atoms with Gasteiger partial charge in [0.05, 0.1) is 17.5 Å². The zero-order valence-corrected chi connectivity index (χ0v) is 24.4. The molecule has 0 aliphatic carbocycles. The van der Waals surface area contributed by atoms with E-state index in [4.69, 9.17) is 15.9 Å². The molecule has 0 bridgehead atoms. The number of rotatable bonds is 6. The topological polar surface area (TPSA) is 117 Å². The molecule has 0 saturated carbocycles. The number of hydrogen-bond acceptors (Lipinski definition) is 5. The first kappa shape index (κ1) is 30.5. The van der Waals surface area contributed by atoms with E-state index in [9.17, 15) is 13.2 Å². The number of benzene rings is 3. The van der Waals surface area contributed by atoms with Gasteiger partial charge in [-0.2, -0.15) is 0 Å². The predicted octanol–water partition coefficient (Wildman–Crippen LogP) is 4.81. The summed E-state index contributed by atoms with van der Waals surface area (Å²) in [5.41, 5.74) is 8.82. The van der Waals surface area contributed by atoms with E-state index in [0.29, 0.717) is 30.8 Å². The molecule has 8 nitrogen and oxygen atoms in total. The van der Waals surface area contributed by atoms with Crippen LogP contribution in [0, 0.1) is 5.41 Å². The maximum absolute atomic E-state index is 13.3. The fourth-order valence-corrected chi connectivity index (χ4v) is 6.67. The number of nitrogens with one attached hydrogen (secondary N) is 1. The lowest BCUT2D eigenvalue weighted by atomic mass is 9.98. The molecule has 1 unspecified atom stereocenters. The van der Waals surface area contributed by atoms with E-state index in [1.807, 2.05) is 59.5 Å². The summed E-state index contributed by atoms with van der Waals surface area (Å²) in [5, 5.41) is 9.67. The molecular weight excluding hydrogens is 559 g/mol. The van der Waals surface area contributed by atoms with E-state index in [1.54, 1.807) is 18.2 Å². The van der Waals surface area contributed by atoms with Crippen LogP contribution in [0.15, 0.2) is 54.6 Å². The molecule has 2 aliphatic rings. The summed E-state index contributed by atoms with van der Waals surface area (Å²) in [7, 11) is -3.54. The average Bonchev–Trinajstić information content (AvgIpc) is 3.28. The normalized spacial score (nSPS) is 17.2. The number of sulfonamides is 1. The summed E-state index contributed by atoms with van der Waals surface area (Å²) < 4.78 is 34.3. The van der Waals surface area contributed by atoms with Crippen molar-refractivity contribution in [1.29, 1.82) is 5.41 Å². The van der Waals surface area contributed by atoms with Gasteiger partial charge in [-0.25, -0.2) is 8.42 Å². The maximum Gasteiger partial charge on any atom is 0.235 e. The van der Waals surface area contributed by atoms with Crippen LogP contribution in [0.25, 0.3) is 10.8 Å². The van der Waals surface area contributed by atoms with Gasteiger partial charge in [-0.1, -0.05) is 24.3 Å². The van der Waals surface area contributed by atoms with Crippen molar-refractivity contribution in [2.45, 2.75) is 45.3 Å². The van der Waals surface area contributed by atoms with Crippen LogP contribution in [-0.4, -0.2) is 50.0 Å². The molecule has 1 atom stereocenters. The summed E-state index contributed by atoms with van der Waals surface area (Å²) in [6.07, 6.45) is 2.11. The Morgan fingerprint density at radius 1 is 1.03 bits per heavy atom. The first-order valence-electron chi connectivity index (χ1n) is 12.6. The van der Waals surface area contributed by atoms with E-state index in [1.165, 1.54) is 0 Å². The Morgan fingerprint density at radius 3 is 2.36 bits per heavy atom. The highest BCUT2D eigenvalue weighted by molar-refractivity contribution is 7.92. The minimum absolute atomic E-state index is 0. The molecule has 0 radical (unpaired) electrons. The molecule has 39 heavy (non-hydrogen) atoms. The number of likely N-dealkylation sites (tertiary alicyclic amines) is 1. The molecule has 3 aromatic rings. The van der Waals surface area contributed by atoms with Crippen molar-refractivity contribution in [3.8, 4) is 5.75 Å². The van der Waals surface area contributed by atoms with Crippen LogP contribution in [0.1, 0.15) is 49.4 Å². The first-order valence-corrected chi connectivity index (χ1v) is 14.2. The lowest BCUT2D eigenvalue weighted by Gasteiger charge is -2.31. The SMILES string of the molecule is CCS(=O)(=O)N1c2ccc(OC3CCN(C(C)=O)CC3)cc2CC1c1ccc2ccc(C(=N)N)cc2c1.Cl.Cl. The van der Waals surface area contributed by atoms with Gasteiger partial charge in [0, 0.05) is 44.8 Å². The molecular formula is C28H34Cl2N4O4S. The van der Waals surface area contributed by atoms with Crippen molar-refractivity contribution in [1.82, 2.24) is 4.90 Å². The second-order valence-electron chi connectivity index (χ2n) is 9.77. The van der Waals surface area contributed by atoms with Crippen molar-refractivity contribution in [3.63, 3.8) is 0 Å². The van der Waals surface area contributed by atoms with Crippen LogP contribution < -0.4 is 14.8 Å². The number of carbonyl (C=O) groups excluding carboxylic acids is 1. The zero-order chi connectivity index (χ0) is 26.3. The summed E-state index contributed by atoms with van der Waals surface area (Å²) in [5.74, 6) is 0.803. The van der Waals surface area contributed by atoms with E-state index < -0.39 is 10.0 Å². The highest BCUT2D eigenvalue weighted by Gasteiger charge is 2.38. The molecule has 2 heterocycles. The standard InChI is InChI=1S/C28H32N4O4S.2ClH/c1-3-37(34,35)32-26-9-8-25(36-24-10-12-31(13-11-24)18(2)33)16-23(26)17-27(32)20-6-4-19-5-7-21(28(29)30)15-22(19)14-20;;/h4-9,14-16,24,27H,3,10-13,17H2,1-2H3,(H3,29,30);2*1H. The average molecular weight is 594 g/mol. The summed E-state index contributed by atoms with van der Waals surface area (Å²) in [4.78, 5) is 13.4. The third-order valence-electron chi connectivity index (χ3n) is 7.40. The van der Waals surface area contributed by atoms with Crippen molar-refractivity contribution in [3.05, 3.63) is 71.3 Å². The molecule has 0 spiro atoms. The quantitative estimate of drug-likeness (QED) is 0.314. The van der Waals surface area contributed by atoms with Crippen LogP contribution >= 0.6 is 24.8 Å². The number of halogens is 2. The van der Waals surface area contributed by atoms with Crippen LogP contribution in [0.3, 0.4) is 0 Å². The van der Waals surface area contributed by atoms with Gasteiger partial charge in [0.1, 0.15) is 17.7 Å². The van der Waals surface area contributed by atoms with Crippen molar-refractivity contribution >= 4 is 63.0 Å². The second kappa shape index (κ2) is 12.0. The number of piperidine rings is 1. The lowest BCUT2D eigenvalue weighted by Crippen LogP contribution is -2.40. The van der Waals surface area contributed by atoms with Gasteiger partial charge in [-0.05, 0) is 59.2 Å². The van der Waals surface area contributed by atoms with Gasteiger partial charge in [0.15, 0.2) is 0 Å². The predicted molar refractivity (Wildman–Crippen MR) is 160 cm³/mol. The van der Waals surface area contributed by atoms with Crippen LogP contribution in [0.2, 0.25) is 0 Å². The van der Waals surface area contributed by atoms with Crippen LogP contribution in [0.5, 0.6) is 5.75 Å². The first-order chi connectivity index (χ1) is 17.7. The van der Waals surface area contributed by atoms with E-state index in [0.717, 1.165) is 40.5 Å². The lowest BCUT2D eigenvalue weighted by molar-refractivity contribution is -0.130. The highest BCUT2D eigenvalue weighted by atomic mass is 35.5. The Bertz CT molecular complexity index is 1490. The number of anilines is 1.